The van der Waals surface area contributed by atoms with Crippen LogP contribution in [0.3, 0.4) is 0 Å². The Hall–Kier alpha value is -2.87. The number of halogens is 3. The molecule has 0 radical (unpaired) electrons. The van der Waals surface area contributed by atoms with E-state index >= 15 is 0 Å². The Morgan fingerprint density at radius 1 is 1.03 bits per heavy atom. The van der Waals surface area contributed by atoms with Crippen molar-refractivity contribution in [3.63, 3.8) is 0 Å². The van der Waals surface area contributed by atoms with Crippen LogP contribution in [0.1, 0.15) is 60.0 Å². The van der Waals surface area contributed by atoms with E-state index in [2.05, 4.69) is 22.4 Å². The maximum atomic E-state index is 13.3. The van der Waals surface area contributed by atoms with Gasteiger partial charge in [0.05, 0.1) is 16.8 Å². The summed E-state index contributed by atoms with van der Waals surface area (Å²) in [4.78, 5) is 13.0. The van der Waals surface area contributed by atoms with Gasteiger partial charge in [-0.3, -0.25) is 9.36 Å². The van der Waals surface area contributed by atoms with Crippen LogP contribution >= 0.6 is 35.0 Å². The first-order valence-electron chi connectivity index (χ1n) is 12.0. The quantitative estimate of drug-likeness (QED) is 0.202. The molecular weight excluding hydrogens is 530 g/mol. The van der Waals surface area contributed by atoms with E-state index in [0.717, 1.165) is 24.8 Å². The first-order chi connectivity index (χ1) is 17.9. The van der Waals surface area contributed by atoms with E-state index < -0.39 is 6.04 Å². The number of hydrogen-bond donors (Lipinski definition) is 1. The molecule has 4 rings (SSSR count). The number of thioether (sulfide) groups is 1. The van der Waals surface area contributed by atoms with E-state index in [1.807, 2.05) is 35.8 Å². The Labute approximate surface area is 230 Å². The van der Waals surface area contributed by atoms with Gasteiger partial charge in [0.25, 0.3) is 5.91 Å². The van der Waals surface area contributed by atoms with Crippen molar-refractivity contribution in [1.82, 2.24) is 20.1 Å². The number of hydrogen-bond acceptors (Lipinski definition) is 4. The van der Waals surface area contributed by atoms with Crippen LogP contribution in [0.5, 0.6) is 0 Å². The van der Waals surface area contributed by atoms with Crippen molar-refractivity contribution < 1.29 is 9.18 Å². The van der Waals surface area contributed by atoms with Gasteiger partial charge in [-0.05, 0) is 73.4 Å². The number of aryl methyl sites for hydroxylation is 1. The molecule has 0 aliphatic carbocycles. The van der Waals surface area contributed by atoms with Crippen molar-refractivity contribution in [2.75, 3.05) is 0 Å². The zero-order valence-corrected chi connectivity index (χ0v) is 22.9. The summed E-state index contributed by atoms with van der Waals surface area (Å²) in [6.07, 6.45) is 3.24. The van der Waals surface area contributed by atoms with Crippen molar-refractivity contribution in [3.05, 3.63) is 105 Å². The van der Waals surface area contributed by atoms with Gasteiger partial charge in [-0.1, -0.05) is 72.6 Å². The SMILES string of the molecule is CCCCc1ccc(C(=O)NC(C)c2nnc(SCc3ccc(F)cc3)n2-c2ccc(Cl)cc2Cl)cc1. The van der Waals surface area contributed by atoms with Crippen molar-refractivity contribution in [2.24, 2.45) is 0 Å². The van der Waals surface area contributed by atoms with Crippen LogP contribution < -0.4 is 5.32 Å². The van der Waals surface area contributed by atoms with E-state index in [1.165, 1.54) is 29.5 Å². The first kappa shape index (κ1) is 27.2. The standard InChI is InChI=1S/C28H27Cl2FN4OS/c1-3-4-5-19-6-10-21(11-7-19)27(36)32-18(2)26-33-34-28(37-17-20-8-13-23(31)14-9-20)35(26)25-15-12-22(29)16-24(25)30/h6-16,18H,3-5,17H2,1-2H3,(H,32,36). The maximum absolute atomic E-state index is 13.3. The summed E-state index contributed by atoms with van der Waals surface area (Å²) >= 11 is 14.1. The van der Waals surface area contributed by atoms with Crippen LogP contribution in [0.15, 0.2) is 71.9 Å². The third-order valence-corrected chi connectivity index (χ3v) is 7.40. The third-order valence-electron chi connectivity index (χ3n) is 5.86. The number of rotatable bonds is 10. The second-order valence-electron chi connectivity index (χ2n) is 8.68. The van der Waals surface area contributed by atoms with Gasteiger partial charge in [0.15, 0.2) is 11.0 Å². The van der Waals surface area contributed by atoms with Crippen LogP contribution in [0.25, 0.3) is 5.69 Å². The summed E-state index contributed by atoms with van der Waals surface area (Å²) in [5, 5.41) is 13.3. The van der Waals surface area contributed by atoms with Crippen LogP contribution in [0.4, 0.5) is 4.39 Å². The predicted octanol–water partition coefficient (Wildman–Crippen LogP) is 7.84. The van der Waals surface area contributed by atoms with Gasteiger partial charge in [0, 0.05) is 16.3 Å². The monoisotopic (exact) mass is 556 g/mol. The minimum atomic E-state index is -0.466. The van der Waals surface area contributed by atoms with Crippen molar-refractivity contribution in [2.45, 2.75) is 50.1 Å². The lowest BCUT2D eigenvalue weighted by atomic mass is 10.1. The molecule has 1 atom stereocenters. The lowest BCUT2D eigenvalue weighted by Crippen LogP contribution is -2.28. The van der Waals surface area contributed by atoms with Crippen molar-refractivity contribution in [1.29, 1.82) is 0 Å². The molecule has 1 unspecified atom stereocenters. The fourth-order valence-electron chi connectivity index (χ4n) is 3.82. The van der Waals surface area contributed by atoms with Gasteiger partial charge in [-0.15, -0.1) is 10.2 Å². The Balaban J connectivity index is 1.58. The Morgan fingerprint density at radius 2 is 1.73 bits per heavy atom. The number of amides is 1. The molecule has 1 N–H and O–H groups in total. The fraction of sp³-hybridized carbons (Fsp3) is 0.250. The van der Waals surface area contributed by atoms with E-state index in [1.54, 1.807) is 30.3 Å². The summed E-state index contributed by atoms with van der Waals surface area (Å²) < 4.78 is 15.1. The zero-order chi connectivity index (χ0) is 26.4. The molecule has 4 aromatic rings. The highest BCUT2D eigenvalue weighted by molar-refractivity contribution is 7.98. The zero-order valence-electron chi connectivity index (χ0n) is 20.5. The Morgan fingerprint density at radius 3 is 2.41 bits per heavy atom. The summed E-state index contributed by atoms with van der Waals surface area (Å²) in [5.74, 6) is 0.590. The molecule has 0 saturated heterocycles. The normalized spacial score (nSPS) is 11.9. The lowest BCUT2D eigenvalue weighted by Gasteiger charge is -2.17. The van der Waals surface area contributed by atoms with Gasteiger partial charge < -0.3 is 5.32 Å². The molecule has 0 aliphatic heterocycles. The molecule has 0 saturated carbocycles. The van der Waals surface area contributed by atoms with E-state index in [-0.39, 0.29) is 11.7 Å². The molecule has 0 bridgehead atoms. The maximum Gasteiger partial charge on any atom is 0.251 e. The Bertz CT molecular complexity index is 1360. The van der Waals surface area contributed by atoms with Gasteiger partial charge in [0.2, 0.25) is 0 Å². The minimum Gasteiger partial charge on any atom is -0.342 e. The van der Waals surface area contributed by atoms with Crippen LogP contribution in [-0.2, 0) is 12.2 Å². The van der Waals surface area contributed by atoms with Crippen LogP contribution in [-0.4, -0.2) is 20.7 Å². The summed E-state index contributed by atoms with van der Waals surface area (Å²) in [6, 6.07) is 18.7. The molecule has 37 heavy (non-hydrogen) atoms. The molecule has 5 nitrogen and oxygen atoms in total. The molecule has 3 aromatic carbocycles. The van der Waals surface area contributed by atoms with E-state index in [4.69, 9.17) is 23.2 Å². The average Bonchev–Trinajstić information content (AvgIpc) is 3.31. The first-order valence-corrected chi connectivity index (χ1v) is 13.8. The molecule has 1 heterocycles. The van der Waals surface area contributed by atoms with E-state index in [0.29, 0.717) is 38.0 Å². The second-order valence-corrected chi connectivity index (χ2v) is 10.5. The highest BCUT2D eigenvalue weighted by Crippen LogP contribution is 2.32. The van der Waals surface area contributed by atoms with Crippen LogP contribution in [0.2, 0.25) is 10.0 Å². The Kier molecular flexibility index (Phi) is 9.24. The molecule has 0 fully saturated rings. The molecule has 0 spiro atoms. The third kappa shape index (κ3) is 6.92. The van der Waals surface area contributed by atoms with Crippen molar-refractivity contribution in [3.8, 4) is 5.69 Å². The molecule has 9 heteroatoms. The molecule has 1 amide bonds. The fourth-order valence-corrected chi connectivity index (χ4v) is 5.22. The topological polar surface area (TPSA) is 59.8 Å². The number of nitrogens with zero attached hydrogens (tertiary/aromatic N) is 3. The summed E-state index contributed by atoms with van der Waals surface area (Å²) in [7, 11) is 0. The summed E-state index contributed by atoms with van der Waals surface area (Å²) in [6.45, 7) is 4.01. The molecule has 0 aliphatic rings. The minimum absolute atomic E-state index is 0.202. The molecule has 192 valence electrons. The van der Waals surface area contributed by atoms with Crippen molar-refractivity contribution >= 4 is 40.9 Å². The number of benzene rings is 3. The average molecular weight is 558 g/mol. The lowest BCUT2D eigenvalue weighted by molar-refractivity contribution is 0.0938. The van der Waals surface area contributed by atoms with Crippen LogP contribution in [0, 0.1) is 5.82 Å². The number of carbonyl (C=O) groups is 1. The predicted molar refractivity (Wildman–Crippen MR) is 148 cm³/mol. The van der Waals surface area contributed by atoms with E-state index in [9.17, 15) is 9.18 Å². The van der Waals surface area contributed by atoms with Gasteiger partial charge >= 0.3 is 0 Å². The number of unbranched alkanes of at least 4 members (excludes halogenated alkanes) is 1. The van der Waals surface area contributed by atoms with Gasteiger partial charge in [0.1, 0.15) is 5.82 Å². The van der Waals surface area contributed by atoms with Gasteiger partial charge in [-0.25, -0.2) is 4.39 Å². The number of carbonyl (C=O) groups excluding carboxylic acids is 1. The van der Waals surface area contributed by atoms with Gasteiger partial charge in [-0.2, -0.15) is 0 Å². The highest BCUT2D eigenvalue weighted by atomic mass is 35.5. The highest BCUT2D eigenvalue weighted by Gasteiger charge is 2.23. The summed E-state index contributed by atoms with van der Waals surface area (Å²) in [5.41, 5.74) is 3.38. The largest absolute Gasteiger partial charge is 0.342 e. The molecule has 1 aromatic heterocycles. The smallest absolute Gasteiger partial charge is 0.251 e. The number of nitrogens with one attached hydrogen (secondary N) is 1. The second kappa shape index (κ2) is 12.6. The molecular formula is C28H27Cl2FN4OS. The number of aromatic nitrogens is 3.